The van der Waals surface area contributed by atoms with Gasteiger partial charge in [0, 0.05) is 30.4 Å². The highest BCUT2D eigenvalue weighted by Crippen LogP contribution is 2.20. The lowest BCUT2D eigenvalue weighted by Gasteiger charge is -2.07. The van der Waals surface area contributed by atoms with Crippen molar-refractivity contribution < 1.29 is 13.5 Å². The number of sulfonamides is 1. The summed E-state index contributed by atoms with van der Waals surface area (Å²) in [6.45, 7) is -0.0855. The van der Waals surface area contributed by atoms with Gasteiger partial charge in [0.2, 0.25) is 10.0 Å². The van der Waals surface area contributed by atoms with Gasteiger partial charge in [-0.2, -0.15) is 5.10 Å². The quantitative estimate of drug-likeness (QED) is 0.863. The molecular formula is C12H14ClN3O3S. The van der Waals surface area contributed by atoms with Gasteiger partial charge in [0.1, 0.15) is 0 Å². The summed E-state index contributed by atoms with van der Waals surface area (Å²) in [6, 6.07) is 4.21. The lowest BCUT2D eigenvalue weighted by Crippen LogP contribution is -2.23. The Kier molecular flexibility index (Phi) is 4.44. The second kappa shape index (κ2) is 5.92. The number of hydrogen-bond acceptors (Lipinski definition) is 4. The van der Waals surface area contributed by atoms with E-state index in [-0.39, 0.29) is 23.1 Å². The van der Waals surface area contributed by atoms with E-state index in [1.807, 2.05) is 0 Å². The van der Waals surface area contributed by atoms with E-state index < -0.39 is 10.0 Å². The van der Waals surface area contributed by atoms with Gasteiger partial charge in [-0.25, -0.2) is 13.1 Å². The first kappa shape index (κ1) is 15.0. The Balaban J connectivity index is 2.15. The first-order valence-electron chi connectivity index (χ1n) is 5.79. The molecule has 0 aliphatic carbocycles. The fraction of sp³-hybridized carbons (Fsp3) is 0.250. The third kappa shape index (κ3) is 3.37. The maximum Gasteiger partial charge on any atom is 0.240 e. The average Bonchev–Trinajstić information content (AvgIpc) is 2.82. The smallest absolute Gasteiger partial charge is 0.240 e. The number of nitrogens with zero attached hydrogens (tertiary/aromatic N) is 2. The van der Waals surface area contributed by atoms with Gasteiger partial charge in [0.05, 0.1) is 17.7 Å². The van der Waals surface area contributed by atoms with Crippen molar-refractivity contribution >= 4 is 21.6 Å². The zero-order valence-electron chi connectivity index (χ0n) is 10.7. The summed E-state index contributed by atoms with van der Waals surface area (Å²) >= 11 is 5.89. The molecule has 6 nitrogen and oxygen atoms in total. The Bertz CT molecular complexity index is 712. The molecule has 0 spiro atoms. The van der Waals surface area contributed by atoms with Gasteiger partial charge in [0.15, 0.2) is 0 Å². The maximum atomic E-state index is 12.1. The van der Waals surface area contributed by atoms with Crippen molar-refractivity contribution in [3.63, 3.8) is 0 Å². The third-order valence-corrected chi connectivity index (χ3v) is 4.48. The zero-order valence-corrected chi connectivity index (χ0v) is 12.3. The number of nitrogens with one attached hydrogen (secondary N) is 1. The molecule has 1 aromatic heterocycles. The molecule has 0 bridgehead atoms. The summed E-state index contributed by atoms with van der Waals surface area (Å²) in [5.41, 5.74) is 1.24. The van der Waals surface area contributed by atoms with Crippen LogP contribution in [0.3, 0.4) is 0 Å². The van der Waals surface area contributed by atoms with Crippen LogP contribution in [0, 0.1) is 0 Å². The van der Waals surface area contributed by atoms with E-state index in [1.54, 1.807) is 24.1 Å². The number of hydrogen-bond donors (Lipinski definition) is 2. The van der Waals surface area contributed by atoms with Crippen molar-refractivity contribution in [1.82, 2.24) is 14.5 Å². The van der Waals surface area contributed by atoms with Crippen LogP contribution in [0.25, 0.3) is 0 Å². The first-order valence-corrected chi connectivity index (χ1v) is 7.65. The summed E-state index contributed by atoms with van der Waals surface area (Å²) in [5, 5.41) is 13.2. The number of aryl methyl sites for hydroxylation is 1. The van der Waals surface area contributed by atoms with Crippen LogP contribution in [-0.4, -0.2) is 23.3 Å². The molecule has 0 aliphatic heterocycles. The SMILES string of the molecule is Cn1cc(CNS(=O)(=O)c2ccc(CO)c(Cl)c2)cn1. The van der Waals surface area contributed by atoms with Crippen LogP contribution in [0.1, 0.15) is 11.1 Å². The summed E-state index contributed by atoms with van der Waals surface area (Å²) in [7, 11) is -1.89. The molecule has 108 valence electrons. The lowest BCUT2D eigenvalue weighted by atomic mass is 10.2. The van der Waals surface area contributed by atoms with E-state index in [4.69, 9.17) is 16.7 Å². The number of aliphatic hydroxyl groups is 1. The highest BCUT2D eigenvalue weighted by molar-refractivity contribution is 7.89. The molecule has 1 heterocycles. The number of aromatic nitrogens is 2. The van der Waals surface area contributed by atoms with E-state index in [0.717, 1.165) is 5.56 Å². The Morgan fingerprint density at radius 1 is 1.45 bits per heavy atom. The van der Waals surface area contributed by atoms with Crippen molar-refractivity contribution in [3.05, 3.63) is 46.7 Å². The first-order chi connectivity index (χ1) is 9.42. The van der Waals surface area contributed by atoms with Crippen molar-refractivity contribution in [2.45, 2.75) is 18.0 Å². The normalized spacial score (nSPS) is 11.8. The van der Waals surface area contributed by atoms with Gasteiger partial charge < -0.3 is 5.11 Å². The van der Waals surface area contributed by atoms with Crippen LogP contribution in [0.2, 0.25) is 5.02 Å². The zero-order chi connectivity index (χ0) is 14.8. The number of benzene rings is 1. The highest BCUT2D eigenvalue weighted by Gasteiger charge is 2.15. The number of rotatable bonds is 5. The summed E-state index contributed by atoms with van der Waals surface area (Å²) in [5.74, 6) is 0. The van der Waals surface area contributed by atoms with Gasteiger partial charge in [-0.1, -0.05) is 17.7 Å². The molecule has 0 radical (unpaired) electrons. The molecule has 2 N–H and O–H groups in total. The fourth-order valence-electron chi connectivity index (χ4n) is 1.65. The van der Waals surface area contributed by atoms with Crippen molar-refractivity contribution in [2.75, 3.05) is 0 Å². The third-order valence-electron chi connectivity index (χ3n) is 2.73. The highest BCUT2D eigenvalue weighted by atomic mass is 35.5. The van der Waals surface area contributed by atoms with E-state index >= 15 is 0 Å². The molecule has 0 amide bonds. The molecule has 0 fully saturated rings. The summed E-state index contributed by atoms with van der Waals surface area (Å²) in [6.07, 6.45) is 3.31. The topological polar surface area (TPSA) is 84.2 Å². The van der Waals surface area contributed by atoms with Gasteiger partial charge in [0.25, 0.3) is 0 Å². The average molecular weight is 316 g/mol. The van der Waals surface area contributed by atoms with Crippen LogP contribution in [0.15, 0.2) is 35.5 Å². The molecule has 1 aromatic carbocycles. The van der Waals surface area contributed by atoms with Crippen LogP contribution in [-0.2, 0) is 30.2 Å². The largest absolute Gasteiger partial charge is 0.392 e. The van der Waals surface area contributed by atoms with Crippen LogP contribution < -0.4 is 4.72 Å². The Hall–Kier alpha value is -1.41. The Labute approximate surface area is 122 Å². The molecule has 0 saturated heterocycles. The molecule has 0 atom stereocenters. The second-order valence-electron chi connectivity index (χ2n) is 4.26. The minimum atomic E-state index is -3.65. The Morgan fingerprint density at radius 3 is 2.75 bits per heavy atom. The molecular weight excluding hydrogens is 302 g/mol. The lowest BCUT2D eigenvalue weighted by molar-refractivity contribution is 0.282. The molecule has 8 heteroatoms. The maximum absolute atomic E-state index is 12.1. The minimum absolute atomic E-state index is 0.0589. The monoisotopic (exact) mass is 315 g/mol. The van der Waals surface area contributed by atoms with Gasteiger partial charge >= 0.3 is 0 Å². The summed E-state index contributed by atoms with van der Waals surface area (Å²) in [4.78, 5) is 0.0589. The molecule has 20 heavy (non-hydrogen) atoms. The summed E-state index contributed by atoms with van der Waals surface area (Å²) < 4.78 is 28.3. The van der Waals surface area contributed by atoms with E-state index in [1.165, 1.54) is 18.2 Å². The van der Waals surface area contributed by atoms with Crippen molar-refractivity contribution in [1.29, 1.82) is 0 Å². The van der Waals surface area contributed by atoms with Crippen LogP contribution in [0.4, 0.5) is 0 Å². The number of aliphatic hydroxyl groups excluding tert-OH is 1. The predicted octanol–water partition coefficient (Wildman–Crippen LogP) is 1.04. The van der Waals surface area contributed by atoms with Crippen molar-refractivity contribution in [3.8, 4) is 0 Å². The predicted molar refractivity (Wildman–Crippen MR) is 74.6 cm³/mol. The molecule has 0 saturated carbocycles. The van der Waals surface area contributed by atoms with E-state index in [2.05, 4.69) is 9.82 Å². The minimum Gasteiger partial charge on any atom is -0.392 e. The Morgan fingerprint density at radius 2 is 2.20 bits per heavy atom. The molecule has 0 aliphatic rings. The fourth-order valence-corrected chi connectivity index (χ4v) is 3.00. The van der Waals surface area contributed by atoms with E-state index in [0.29, 0.717) is 5.56 Å². The second-order valence-corrected chi connectivity index (χ2v) is 6.43. The van der Waals surface area contributed by atoms with Gasteiger partial charge in [-0.3, -0.25) is 4.68 Å². The van der Waals surface area contributed by atoms with Gasteiger partial charge in [-0.05, 0) is 17.7 Å². The number of halogens is 1. The molecule has 0 unspecified atom stereocenters. The standard InChI is InChI=1S/C12H14ClN3O3S/c1-16-7-9(5-14-16)6-15-20(18,19)11-3-2-10(8-17)12(13)4-11/h2-5,7,15,17H,6,8H2,1H3. The van der Waals surface area contributed by atoms with Crippen LogP contribution >= 0.6 is 11.6 Å². The van der Waals surface area contributed by atoms with E-state index in [9.17, 15) is 8.42 Å². The molecule has 2 rings (SSSR count). The molecule has 2 aromatic rings. The van der Waals surface area contributed by atoms with Gasteiger partial charge in [-0.15, -0.1) is 0 Å². The van der Waals surface area contributed by atoms with Crippen molar-refractivity contribution in [2.24, 2.45) is 7.05 Å². The van der Waals surface area contributed by atoms with Crippen LogP contribution in [0.5, 0.6) is 0 Å².